The van der Waals surface area contributed by atoms with Crippen molar-refractivity contribution in [3.8, 4) is 0 Å². The second kappa shape index (κ2) is 5.60. The molecule has 6 heteroatoms. The van der Waals surface area contributed by atoms with Gasteiger partial charge in [0.2, 0.25) is 0 Å². The Hall–Kier alpha value is -1.01. The van der Waals surface area contributed by atoms with Crippen LogP contribution in [0.4, 0.5) is 8.78 Å². The Morgan fingerprint density at radius 2 is 2.00 bits per heavy atom. The van der Waals surface area contributed by atoms with Crippen LogP contribution in [0.5, 0.6) is 0 Å². The third-order valence-corrected chi connectivity index (χ3v) is 1.40. The molecule has 0 aromatic rings. The van der Waals surface area contributed by atoms with Gasteiger partial charge in [-0.2, -0.15) is 0 Å². The number of aliphatic carboxylic acids is 1. The molecule has 0 aromatic carbocycles. The maximum atomic E-state index is 12.7. The second-order valence-electron chi connectivity index (χ2n) is 2.46. The van der Waals surface area contributed by atoms with E-state index in [1.54, 1.807) is 0 Å². The molecule has 13 heavy (non-hydrogen) atoms. The van der Waals surface area contributed by atoms with Gasteiger partial charge in [0, 0.05) is 6.42 Å². The molecule has 5 N–H and O–H groups in total. The molecule has 0 radical (unpaired) electrons. The van der Waals surface area contributed by atoms with E-state index in [2.05, 4.69) is 0 Å². The van der Waals surface area contributed by atoms with Crippen molar-refractivity contribution in [3.05, 3.63) is 11.7 Å². The van der Waals surface area contributed by atoms with E-state index >= 15 is 0 Å². The summed E-state index contributed by atoms with van der Waals surface area (Å²) in [6.45, 7) is 0.211. The molecule has 1 unspecified atom stereocenters. The molecule has 0 aliphatic heterocycles. The Kier molecular flexibility index (Phi) is 5.17. The first-order chi connectivity index (χ1) is 6.00. The first-order valence-corrected chi connectivity index (χ1v) is 3.73. The molecular weight excluding hydrogens is 182 g/mol. The van der Waals surface area contributed by atoms with Crippen molar-refractivity contribution >= 4 is 5.97 Å². The van der Waals surface area contributed by atoms with E-state index in [-0.39, 0.29) is 19.4 Å². The number of carboxylic acid groups (broad SMARTS) is 1. The van der Waals surface area contributed by atoms with Crippen LogP contribution in [0.2, 0.25) is 0 Å². The molecule has 0 rings (SSSR count). The van der Waals surface area contributed by atoms with Gasteiger partial charge in [-0.3, -0.25) is 4.79 Å². The van der Waals surface area contributed by atoms with Crippen molar-refractivity contribution in [1.29, 1.82) is 0 Å². The predicted molar refractivity (Wildman–Crippen MR) is 43.1 cm³/mol. The third kappa shape index (κ3) is 3.95. The van der Waals surface area contributed by atoms with Crippen molar-refractivity contribution < 1.29 is 18.7 Å². The van der Waals surface area contributed by atoms with Crippen LogP contribution in [-0.2, 0) is 4.79 Å². The van der Waals surface area contributed by atoms with Crippen molar-refractivity contribution in [2.45, 2.75) is 18.9 Å². The van der Waals surface area contributed by atoms with Crippen LogP contribution in [0.25, 0.3) is 0 Å². The van der Waals surface area contributed by atoms with E-state index in [9.17, 15) is 13.6 Å². The molecule has 76 valence electrons. The van der Waals surface area contributed by atoms with E-state index in [1.807, 2.05) is 0 Å². The third-order valence-electron chi connectivity index (χ3n) is 1.40. The van der Waals surface area contributed by atoms with Gasteiger partial charge in [-0.25, -0.2) is 8.78 Å². The number of hydrogen-bond donors (Lipinski definition) is 3. The average molecular weight is 194 g/mol. The summed E-state index contributed by atoms with van der Waals surface area (Å²) in [7, 11) is 0. The molecule has 0 fully saturated rings. The summed E-state index contributed by atoms with van der Waals surface area (Å²) < 4.78 is 25.4. The quantitative estimate of drug-likeness (QED) is 0.586. The van der Waals surface area contributed by atoms with Crippen LogP contribution >= 0.6 is 0 Å². The standard InChI is InChI=1S/C7H12F2N2O2/c8-4(2-1-3-10)5(9)6(11)7(12)13/h6H,1-3,10-11H2,(H,12,13)/b5-4-. The number of allylic oxidation sites excluding steroid dienone is 1. The van der Waals surface area contributed by atoms with Gasteiger partial charge in [-0.05, 0) is 13.0 Å². The largest absolute Gasteiger partial charge is 0.480 e. The lowest BCUT2D eigenvalue weighted by Gasteiger charge is -2.04. The van der Waals surface area contributed by atoms with Gasteiger partial charge in [0.25, 0.3) is 0 Å². The maximum Gasteiger partial charge on any atom is 0.327 e. The molecule has 0 spiro atoms. The maximum absolute atomic E-state index is 12.7. The molecule has 0 saturated heterocycles. The summed E-state index contributed by atoms with van der Waals surface area (Å²) in [4.78, 5) is 10.1. The van der Waals surface area contributed by atoms with E-state index in [0.29, 0.717) is 0 Å². The summed E-state index contributed by atoms with van der Waals surface area (Å²) in [5, 5.41) is 8.24. The van der Waals surface area contributed by atoms with Crippen LogP contribution < -0.4 is 11.5 Å². The second-order valence-corrected chi connectivity index (χ2v) is 2.46. The zero-order valence-corrected chi connectivity index (χ0v) is 6.96. The molecule has 0 saturated carbocycles. The van der Waals surface area contributed by atoms with Gasteiger partial charge in [0.05, 0.1) is 0 Å². The van der Waals surface area contributed by atoms with Gasteiger partial charge in [-0.1, -0.05) is 0 Å². The highest BCUT2D eigenvalue weighted by atomic mass is 19.2. The summed E-state index contributed by atoms with van der Waals surface area (Å²) in [5.74, 6) is -4.17. The van der Waals surface area contributed by atoms with E-state index in [0.717, 1.165) is 0 Å². The predicted octanol–water partition coefficient (Wildman–Crippen LogP) is 0.288. The first kappa shape index (κ1) is 12.0. The minimum Gasteiger partial charge on any atom is -0.480 e. The Bertz CT molecular complexity index is 219. The zero-order valence-electron chi connectivity index (χ0n) is 6.96. The topological polar surface area (TPSA) is 89.3 Å². The zero-order chi connectivity index (χ0) is 10.4. The molecule has 0 bridgehead atoms. The van der Waals surface area contributed by atoms with E-state index in [1.165, 1.54) is 0 Å². The van der Waals surface area contributed by atoms with Crippen molar-refractivity contribution in [1.82, 2.24) is 0 Å². The molecule has 1 atom stereocenters. The molecule has 0 heterocycles. The number of nitrogens with two attached hydrogens (primary N) is 2. The molecule has 4 nitrogen and oxygen atoms in total. The lowest BCUT2D eigenvalue weighted by molar-refractivity contribution is -0.138. The lowest BCUT2D eigenvalue weighted by atomic mass is 10.2. The highest BCUT2D eigenvalue weighted by Crippen LogP contribution is 2.16. The van der Waals surface area contributed by atoms with Crippen LogP contribution in [0, 0.1) is 0 Å². The molecular formula is C7H12F2N2O2. The number of hydrogen-bond acceptors (Lipinski definition) is 3. The average Bonchev–Trinajstić information content (AvgIpc) is 2.11. The lowest BCUT2D eigenvalue weighted by Crippen LogP contribution is -2.31. The van der Waals surface area contributed by atoms with Crippen molar-refractivity contribution in [2.24, 2.45) is 11.5 Å². The van der Waals surface area contributed by atoms with E-state index in [4.69, 9.17) is 16.6 Å². The van der Waals surface area contributed by atoms with Crippen LogP contribution in [0.15, 0.2) is 11.7 Å². The van der Waals surface area contributed by atoms with Gasteiger partial charge in [0.15, 0.2) is 11.9 Å². The fraction of sp³-hybridized carbons (Fsp3) is 0.571. The number of carbonyl (C=O) groups is 1. The minimum atomic E-state index is -1.92. The monoisotopic (exact) mass is 194 g/mol. The Labute approximate surface area is 74.2 Å². The van der Waals surface area contributed by atoms with Gasteiger partial charge in [0.1, 0.15) is 5.83 Å². The summed E-state index contributed by atoms with van der Waals surface area (Å²) >= 11 is 0. The highest BCUT2D eigenvalue weighted by molar-refractivity contribution is 5.76. The Balaban J connectivity index is 4.32. The van der Waals surface area contributed by atoms with E-state index < -0.39 is 23.7 Å². The molecule has 0 aromatic heterocycles. The summed E-state index contributed by atoms with van der Waals surface area (Å²) in [6.07, 6.45) is 0.0366. The van der Waals surface area contributed by atoms with Crippen LogP contribution in [0.3, 0.4) is 0 Å². The molecule has 0 aliphatic rings. The smallest absolute Gasteiger partial charge is 0.327 e. The molecule has 0 aliphatic carbocycles. The van der Waals surface area contributed by atoms with Gasteiger partial charge >= 0.3 is 5.97 Å². The van der Waals surface area contributed by atoms with Gasteiger partial charge < -0.3 is 16.6 Å². The first-order valence-electron chi connectivity index (χ1n) is 3.73. The highest BCUT2D eigenvalue weighted by Gasteiger charge is 2.21. The van der Waals surface area contributed by atoms with Crippen molar-refractivity contribution in [2.75, 3.05) is 6.54 Å². The summed E-state index contributed by atoms with van der Waals surface area (Å²) in [5.41, 5.74) is 9.88. The van der Waals surface area contributed by atoms with Crippen LogP contribution in [-0.4, -0.2) is 23.7 Å². The van der Waals surface area contributed by atoms with Gasteiger partial charge in [-0.15, -0.1) is 0 Å². The van der Waals surface area contributed by atoms with Crippen molar-refractivity contribution in [3.63, 3.8) is 0 Å². The number of halogens is 2. The normalized spacial score (nSPS) is 15.1. The number of rotatable bonds is 5. The fourth-order valence-corrected chi connectivity index (χ4v) is 0.654. The Morgan fingerprint density at radius 1 is 1.46 bits per heavy atom. The number of carboxylic acids is 1. The summed E-state index contributed by atoms with van der Waals surface area (Å²) in [6, 6.07) is -1.92. The Morgan fingerprint density at radius 3 is 2.38 bits per heavy atom. The molecule has 0 amide bonds. The minimum absolute atomic E-state index is 0.211. The fourth-order valence-electron chi connectivity index (χ4n) is 0.654. The SMILES string of the molecule is NCCC/C(F)=C(/F)C(N)C(=O)O. The van der Waals surface area contributed by atoms with Crippen LogP contribution in [0.1, 0.15) is 12.8 Å².